The molecule has 0 atom stereocenters. The molecule has 0 bridgehead atoms. The summed E-state index contributed by atoms with van der Waals surface area (Å²) >= 11 is 0. The third-order valence-corrected chi connectivity index (χ3v) is 2.66. The Kier molecular flexibility index (Phi) is 2.00. The van der Waals surface area contributed by atoms with Gasteiger partial charge in [0.15, 0.2) is 5.78 Å². The Labute approximate surface area is 86.7 Å². The van der Waals surface area contributed by atoms with Crippen LogP contribution < -0.4 is 5.69 Å². The second-order valence-corrected chi connectivity index (χ2v) is 3.63. The van der Waals surface area contributed by atoms with Gasteiger partial charge in [0.25, 0.3) is 0 Å². The van der Waals surface area contributed by atoms with Gasteiger partial charge in [-0.15, -0.1) is 0 Å². The second-order valence-electron chi connectivity index (χ2n) is 3.63. The van der Waals surface area contributed by atoms with E-state index < -0.39 is 0 Å². The zero-order chi connectivity index (χ0) is 11.2. The lowest BCUT2D eigenvalue weighted by Crippen LogP contribution is -2.19. The van der Waals surface area contributed by atoms with E-state index in [9.17, 15) is 9.59 Å². The summed E-state index contributed by atoms with van der Waals surface area (Å²) in [4.78, 5) is 23.1. The van der Waals surface area contributed by atoms with Crippen LogP contribution >= 0.6 is 0 Å². The van der Waals surface area contributed by atoms with Gasteiger partial charge in [-0.2, -0.15) is 0 Å². The number of imidazole rings is 1. The first-order chi connectivity index (χ1) is 7.04. The summed E-state index contributed by atoms with van der Waals surface area (Å²) in [5, 5.41) is 0. The van der Waals surface area contributed by atoms with Gasteiger partial charge in [0.2, 0.25) is 0 Å². The molecular formula is C11H12N2O2. The van der Waals surface area contributed by atoms with Crippen molar-refractivity contribution in [3.05, 3.63) is 34.2 Å². The van der Waals surface area contributed by atoms with Gasteiger partial charge in [0.1, 0.15) is 0 Å². The van der Waals surface area contributed by atoms with Crippen molar-refractivity contribution < 1.29 is 4.79 Å². The number of aryl methyl sites for hydroxylation is 2. The Balaban J connectivity index is 3.05. The number of hydrogen-bond donors (Lipinski definition) is 0. The van der Waals surface area contributed by atoms with Gasteiger partial charge >= 0.3 is 5.69 Å². The highest BCUT2D eigenvalue weighted by Crippen LogP contribution is 2.16. The van der Waals surface area contributed by atoms with Crippen LogP contribution in [0.2, 0.25) is 0 Å². The third-order valence-electron chi connectivity index (χ3n) is 2.66. The molecule has 1 aromatic carbocycles. The fourth-order valence-electron chi connectivity index (χ4n) is 1.86. The first kappa shape index (κ1) is 9.71. The Hall–Kier alpha value is -1.84. The molecule has 0 unspecified atom stereocenters. The van der Waals surface area contributed by atoms with Crippen molar-refractivity contribution in [1.82, 2.24) is 9.13 Å². The topological polar surface area (TPSA) is 44.0 Å². The Morgan fingerprint density at radius 2 is 1.87 bits per heavy atom. The maximum absolute atomic E-state index is 11.7. The summed E-state index contributed by atoms with van der Waals surface area (Å²) in [5.74, 6) is -0.0261. The lowest BCUT2D eigenvalue weighted by molar-refractivity contribution is 0.101. The molecule has 0 N–H and O–H groups in total. The number of carbonyl (C=O) groups is 1. The molecule has 2 rings (SSSR count). The molecule has 2 aromatic rings. The summed E-state index contributed by atoms with van der Waals surface area (Å²) in [5.41, 5.74) is 1.97. The first-order valence-corrected chi connectivity index (χ1v) is 4.69. The fourth-order valence-corrected chi connectivity index (χ4v) is 1.86. The van der Waals surface area contributed by atoms with Crippen LogP contribution in [0.15, 0.2) is 23.0 Å². The molecule has 78 valence electrons. The predicted octanol–water partition coefficient (Wildman–Crippen LogP) is 1.08. The van der Waals surface area contributed by atoms with Crippen molar-refractivity contribution in [2.24, 2.45) is 14.1 Å². The number of fused-ring (bicyclic) bond motifs is 1. The van der Waals surface area contributed by atoms with E-state index in [0.717, 1.165) is 5.52 Å². The number of benzene rings is 1. The van der Waals surface area contributed by atoms with E-state index in [-0.39, 0.29) is 11.5 Å². The molecule has 0 radical (unpaired) electrons. The number of rotatable bonds is 1. The number of carbonyl (C=O) groups excluding carboxylic acids is 1. The highest BCUT2D eigenvalue weighted by atomic mass is 16.1. The lowest BCUT2D eigenvalue weighted by atomic mass is 10.1. The second kappa shape index (κ2) is 3.08. The van der Waals surface area contributed by atoms with E-state index in [0.29, 0.717) is 11.1 Å². The minimum atomic E-state index is -0.112. The van der Waals surface area contributed by atoms with Gasteiger partial charge in [0.05, 0.1) is 11.0 Å². The molecule has 4 nitrogen and oxygen atoms in total. The van der Waals surface area contributed by atoms with Crippen molar-refractivity contribution in [1.29, 1.82) is 0 Å². The van der Waals surface area contributed by atoms with Crippen LogP contribution in [-0.2, 0) is 14.1 Å². The molecule has 0 saturated carbocycles. The summed E-state index contributed by atoms with van der Waals surface area (Å²) in [6.45, 7) is 1.51. The van der Waals surface area contributed by atoms with Crippen LogP contribution in [0.3, 0.4) is 0 Å². The molecule has 0 spiro atoms. The quantitative estimate of drug-likeness (QED) is 0.652. The zero-order valence-corrected chi connectivity index (χ0v) is 8.94. The number of ketones is 1. The number of aromatic nitrogens is 2. The van der Waals surface area contributed by atoms with Crippen LogP contribution in [0.4, 0.5) is 0 Å². The van der Waals surface area contributed by atoms with Crippen LogP contribution in [0.5, 0.6) is 0 Å². The van der Waals surface area contributed by atoms with E-state index in [1.807, 2.05) is 6.07 Å². The van der Waals surface area contributed by atoms with Crippen LogP contribution in [0.1, 0.15) is 17.3 Å². The van der Waals surface area contributed by atoms with E-state index in [1.165, 1.54) is 11.5 Å². The number of Topliss-reactive ketones (excluding diaryl/α,β-unsaturated/α-hetero) is 1. The molecule has 15 heavy (non-hydrogen) atoms. The highest BCUT2D eigenvalue weighted by Gasteiger charge is 2.13. The molecule has 0 saturated heterocycles. The summed E-state index contributed by atoms with van der Waals surface area (Å²) < 4.78 is 3.05. The van der Waals surface area contributed by atoms with Crippen molar-refractivity contribution in [2.75, 3.05) is 0 Å². The average molecular weight is 204 g/mol. The smallest absolute Gasteiger partial charge is 0.295 e. The molecule has 0 aliphatic rings. The van der Waals surface area contributed by atoms with Gasteiger partial charge in [0, 0.05) is 19.7 Å². The molecule has 0 aliphatic heterocycles. The van der Waals surface area contributed by atoms with Gasteiger partial charge in [-0.1, -0.05) is 6.07 Å². The van der Waals surface area contributed by atoms with E-state index in [1.54, 1.807) is 30.8 Å². The first-order valence-electron chi connectivity index (χ1n) is 4.69. The predicted molar refractivity (Wildman–Crippen MR) is 58.2 cm³/mol. The normalized spacial score (nSPS) is 10.9. The standard InChI is InChI=1S/C11H12N2O2/c1-7(14)8-5-4-6-9-10(8)13(3)11(15)12(9)2/h4-6H,1-3H3. The monoisotopic (exact) mass is 204 g/mol. The molecule has 1 heterocycles. The summed E-state index contributed by atoms with van der Waals surface area (Å²) in [6.07, 6.45) is 0. The van der Waals surface area contributed by atoms with E-state index >= 15 is 0 Å². The van der Waals surface area contributed by atoms with E-state index in [2.05, 4.69) is 0 Å². The van der Waals surface area contributed by atoms with E-state index in [4.69, 9.17) is 0 Å². The van der Waals surface area contributed by atoms with Crippen molar-refractivity contribution in [3.8, 4) is 0 Å². The Morgan fingerprint density at radius 3 is 2.47 bits per heavy atom. The van der Waals surface area contributed by atoms with Gasteiger partial charge < -0.3 is 0 Å². The molecule has 0 fully saturated rings. The lowest BCUT2D eigenvalue weighted by Gasteiger charge is -2.00. The number of para-hydroxylation sites is 1. The largest absolute Gasteiger partial charge is 0.328 e. The minimum absolute atomic E-state index is 0.0261. The minimum Gasteiger partial charge on any atom is -0.295 e. The van der Waals surface area contributed by atoms with Gasteiger partial charge in [-0.25, -0.2) is 4.79 Å². The van der Waals surface area contributed by atoms with Crippen LogP contribution in [-0.4, -0.2) is 14.9 Å². The maximum Gasteiger partial charge on any atom is 0.328 e. The molecule has 0 amide bonds. The molecule has 4 heteroatoms. The van der Waals surface area contributed by atoms with Crippen LogP contribution in [0.25, 0.3) is 11.0 Å². The average Bonchev–Trinajstić information content (AvgIpc) is 2.44. The highest BCUT2D eigenvalue weighted by molar-refractivity contribution is 6.05. The Bertz CT molecular complexity index is 605. The van der Waals surface area contributed by atoms with Gasteiger partial charge in [-0.3, -0.25) is 13.9 Å². The molecular weight excluding hydrogens is 192 g/mol. The number of hydrogen-bond acceptors (Lipinski definition) is 2. The Morgan fingerprint density at radius 1 is 1.20 bits per heavy atom. The SMILES string of the molecule is CC(=O)c1cccc2c1n(C)c(=O)n2C. The van der Waals surface area contributed by atoms with Crippen molar-refractivity contribution in [3.63, 3.8) is 0 Å². The van der Waals surface area contributed by atoms with Crippen molar-refractivity contribution in [2.45, 2.75) is 6.92 Å². The van der Waals surface area contributed by atoms with Crippen LogP contribution in [0, 0.1) is 0 Å². The fraction of sp³-hybridized carbons (Fsp3) is 0.273. The summed E-state index contributed by atoms with van der Waals surface area (Å²) in [6, 6.07) is 5.37. The number of nitrogens with zero attached hydrogens (tertiary/aromatic N) is 2. The molecule has 1 aromatic heterocycles. The summed E-state index contributed by atoms with van der Waals surface area (Å²) in [7, 11) is 3.38. The maximum atomic E-state index is 11.7. The van der Waals surface area contributed by atoms with Crippen molar-refractivity contribution >= 4 is 16.8 Å². The van der Waals surface area contributed by atoms with Gasteiger partial charge in [-0.05, 0) is 19.1 Å². The molecule has 0 aliphatic carbocycles. The third kappa shape index (κ3) is 1.21. The zero-order valence-electron chi connectivity index (χ0n) is 8.94.